The molecule has 186 valence electrons. The first-order valence-corrected chi connectivity index (χ1v) is 13.0. The molecule has 2 bridgehead atoms. The van der Waals surface area contributed by atoms with Gasteiger partial charge in [-0.3, -0.25) is 4.79 Å². The van der Waals surface area contributed by atoms with E-state index in [0.29, 0.717) is 18.3 Å². The van der Waals surface area contributed by atoms with E-state index in [9.17, 15) is 15.0 Å². The second kappa shape index (κ2) is 9.60. The highest BCUT2D eigenvalue weighted by atomic mass is 16.5. The first-order valence-electron chi connectivity index (χ1n) is 13.0. The Morgan fingerprint density at radius 3 is 2.45 bits per heavy atom. The van der Waals surface area contributed by atoms with Gasteiger partial charge >= 0.3 is 5.97 Å². The third kappa shape index (κ3) is 5.11. The van der Waals surface area contributed by atoms with Crippen LogP contribution in [-0.2, 0) is 9.53 Å². The second-order valence-electron chi connectivity index (χ2n) is 12.5. The zero-order chi connectivity index (χ0) is 24.6. The molecule has 0 aromatic carbocycles. The highest BCUT2D eigenvalue weighted by molar-refractivity contribution is 5.75. The Hall–Kier alpha value is -1.55. The third-order valence-electron chi connectivity index (χ3n) is 8.67. The molecule has 3 unspecified atom stereocenters. The average Bonchev–Trinajstić information content (AvgIpc) is 2.73. The molecule has 3 aliphatic carbocycles. The zero-order valence-corrected chi connectivity index (χ0v) is 21.9. The predicted octanol–water partition coefficient (Wildman–Crippen LogP) is 6.90. The van der Waals surface area contributed by atoms with Gasteiger partial charge in [0.1, 0.15) is 6.61 Å². The fourth-order valence-electron chi connectivity index (χ4n) is 6.25. The van der Waals surface area contributed by atoms with Crippen LogP contribution in [0.5, 0.6) is 0 Å². The highest BCUT2D eigenvalue weighted by Gasteiger charge is 2.61. The van der Waals surface area contributed by atoms with Crippen LogP contribution in [0, 0.1) is 34.0 Å². The molecule has 0 heterocycles. The summed E-state index contributed by atoms with van der Waals surface area (Å²) in [4.78, 5) is 12.3. The summed E-state index contributed by atoms with van der Waals surface area (Å²) in [5.74, 6) is 0.448. The van der Waals surface area contributed by atoms with Crippen LogP contribution in [0.1, 0.15) is 93.4 Å². The van der Waals surface area contributed by atoms with Gasteiger partial charge in [-0.1, -0.05) is 65.5 Å². The second-order valence-corrected chi connectivity index (χ2v) is 12.5. The molecule has 0 aromatic rings. The van der Waals surface area contributed by atoms with Crippen molar-refractivity contribution in [2.24, 2.45) is 34.0 Å². The summed E-state index contributed by atoms with van der Waals surface area (Å²) in [6.07, 6.45) is 13.3. The van der Waals surface area contributed by atoms with E-state index >= 15 is 0 Å². The fourth-order valence-corrected chi connectivity index (χ4v) is 6.25. The standard InChI is InChI=1S/C29H46O4/c1-8-9-10-11-14-28(5,6)21-16-23(30)25(24(31)17-21)29(7)20-13-12-19(22(29)15-20)18-33-26(32)27(2,3)4/h12,16-17,20,22-23,25,30-31H,8-11,13-15,18H2,1-7H3/t20?,22-,23?,25?,29+/m1/s1. The summed E-state index contributed by atoms with van der Waals surface area (Å²) in [6, 6.07) is 0. The lowest BCUT2D eigenvalue weighted by atomic mass is 9.42. The maximum atomic E-state index is 12.3. The van der Waals surface area contributed by atoms with E-state index in [4.69, 9.17) is 4.74 Å². The summed E-state index contributed by atoms with van der Waals surface area (Å²) in [5, 5.41) is 22.5. The lowest BCUT2D eigenvalue weighted by Crippen LogP contribution is -2.58. The van der Waals surface area contributed by atoms with Gasteiger partial charge in [-0.05, 0) is 79.9 Å². The molecule has 0 aromatic heterocycles. The molecule has 3 rings (SSSR count). The number of allylic oxidation sites excluding steroid dienone is 3. The van der Waals surface area contributed by atoms with Crippen molar-refractivity contribution < 1.29 is 19.7 Å². The van der Waals surface area contributed by atoms with E-state index in [1.54, 1.807) is 0 Å². The third-order valence-corrected chi connectivity index (χ3v) is 8.67. The van der Waals surface area contributed by atoms with Gasteiger partial charge in [-0.25, -0.2) is 0 Å². The Morgan fingerprint density at radius 1 is 1.18 bits per heavy atom. The molecule has 0 radical (unpaired) electrons. The molecular formula is C29H46O4. The Morgan fingerprint density at radius 2 is 1.88 bits per heavy atom. The molecule has 4 heteroatoms. The van der Waals surface area contributed by atoms with Crippen LogP contribution in [-0.4, -0.2) is 28.9 Å². The van der Waals surface area contributed by atoms with Crippen molar-refractivity contribution in [1.29, 1.82) is 0 Å². The number of ether oxygens (including phenoxy) is 1. The number of unbranched alkanes of at least 4 members (excludes halogenated alkanes) is 3. The molecule has 4 nitrogen and oxygen atoms in total. The topological polar surface area (TPSA) is 66.8 Å². The first-order chi connectivity index (χ1) is 15.3. The Balaban J connectivity index is 1.72. The van der Waals surface area contributed by atoms with E-state index in [1.165, 1.54) is 19.3 Å². The number of carbonyl (C=O) groups excluding carboxylic acids is 1. The van der Waals surface area contributed by atoms with Crippen LogP contribution >= 0.6 is 0 Å². The maximum Gasteiger partial charge on any atom is 0.311 e. The largest absolute Gasteiger partial charge is 0.512 e. The van der Waals surface area contributed by atoms with Crippen molar-refractivity contribution in [2.75, 3.05) is 6.61 Å². The number of aliphatic hydroxyl groups is 2. The average molecular weight is 459 g/mol. The maximum absolute atomic E-state index is 12.3. The SMILES string of the molecule is CCCCCCC(C)(C)C1=CC(O)C([C@@]2(C)C3CC=C(COC(=O)C(C)(C)C)[C@H]2C3)C(O)=C1. The molecule has 3 aliphatic rings. The minimum atomic E-state index is -0.702. The minimum Gasteiger partial charge on any atom is -0.512 e. The molecule has 0 aliphatic heterocycles. The number of carbonyl (C=O) groups is 1. The van der Waals surface area contributed by atoms with Gasteiger partial charge in [0.25, 0.3) is 0 Å². The zero-order valence-electron chi connectivity index (χ0n) is 21.9. The molecule has 1 fully saturated rings. The predicted molar refractivity (Wildman–Crippen MR) is 134 cm³/mol. The highest BCUT2D eigenvalue weighted by Crippen LogP contribution is 2.65. The van der Waals surface area contributed by atoms with E-state index in [1.807, 2.05) is 32.9 Å². The van der Waals surface area contributed by atoms with Crippen LogP contribution in [0.2, 0.25) is 0 Å². The van der Waals surface area contributed by atoms with Crippen LogP contribution in [0.4, 0.5) is 0 Å². The van der Waals surface area contributed by atoms with Gasteiger partial charge < -0.3 is 14.9 Å². The molecule has 5 atom stereocenters. The Labute approximate surface area is 201 Å². The number of fused-ring (bicyclic) bond motifs is 2. The molecular weight excluding hydrogens is 412 g/mol. The minimum absolute atomic E-state index is 0.0731. The fraction of sp³-hybridized carbons (Fsp3) is 0.759. The first kappa shape index (κ1) is 26.1. The van der Waals surface area contributed by atoms with Crippen molar-refractivity contribution in [3.05, 3.63) is 35.1 Å². The molecule has 2 N–H and O–H groups in total. The van der Waals surface area contributed by atoms with E-state index in [2.05, 4.69) is 33.8 Å². The van der Waals surface area contributed by atoms with Gasteiger partial charge in [-0.2, -0.15) is 0 Å². The lowest BCUT2D eigenvalue weighted by Gasteiger charge is -2.62. The van der Waals surface area contributed by atoms with Crippen molar-refractivity contribution >= 4 is 5.97 Å². The Bertz CT molecular complexity index is 825. The quantitative estimate of drug-likeness (QED) is 0.224. The summed E-state index contributed by atoms with van der Waals surface area (Å²) in [7, 11) is 0. The summed E-state index contributed by atoms with van der Waals surface area (Å²) >= 11 is 0. The van der Waals surface area contributed by atoms with Crippen LogP contribution in [0.3, 0.4) is 0 Å². The van der Waals surface area contributed by atoms with Gasteiger partial charge in [0, 0.05) is 0 Å². The van der Waals surface area contributed by atoms with E-state index < -0.39 is 11.5 Å². The molecule has 1 saturated carbocycles. The van der Waals surface area contributed by atoms with Crippen LogP contribution < -0.4 is 0 Å². The monoisotopic (exact) mass is 458 g/mol. The summed E-state index contributed by atoms with van der Waals surface area (Å²) < 4.78 is 5.63. The smallest absolute Gasteiger partial charge is 0.311 e. The molecule has 0 saturated heterocycles. The number of hydrogen-bond donors (Lipinski definition) is 2. The van der Waals surface area contributed by atoms with Gasteiger partial charge in [-0.15, -0.1) is 0 Å². The van der Waals surface area contributed by atoms with Gasteiger partial charge in [0.05, 0.1) is 23.2 Å². The van der Waals surface area contributed by atoms with Crippen molar-refractivity contribution in [2.45, 2.75) is 99.5 Å². The van der Waals surface area contributed by atoms with Crippen LogP contribution in [0.25, 0.3) is 0 Å². The molecule has 33 heavy (non-hydrogen) atoms. The number of aliphatic hydroxyl groups excluding tert-OH is 2. The number of hydrogen-bond acceptors (Lipinski definition) is 4. The number of esters is 1. The summed E-state index contributed by atoms with van der Waals surface area (Å²) in [6.45, 7) is 14.8. The molecule has 0 spiro atoms. The van der Waals surface area contributed by atoms with Crippen molar-refractivity contribution in [1.82, 2.24) is 0 Å². The van der Waals surface area contributed by atoms with E-state index in [0.717, 1.165) is 36.8 Å². The summed E-state index contributed by atoms with van der Waals surface area (Å²) in [5.41, 5.74) is 1.36. The normalized spacial score (nSPS) is 31.8. The van der Waals surface area contributed by atoms with Crippen molar-refractivity contribution in [3.63, 3.8) is 0 Å². The van der Waals surface area contributed by atoms with Crippen LogP contribution in [0.15, 0.2) is 35.1 Å². The Kier molecular flexibility index (Phi) is 7.58. The van der Waals surface area contributed by atoms with Gasteiger partial charge in [0.2, 0.25) is 0 Å². The lowest BCUT2D eigenvalue weighted by molar-refractivity contribution is -0.154. The molecule has 0 amide bonds. The van der Waals surface area contributed by atoms with Gasteiger partial charge in [0.15, 0.2) is 0 Å². The van der Waals surface area contributed by atoms with Crippen molar-refractivity contribution in [3.8, 4) is 0 Å². The number of rotatable bonds is 9. The van der Waals surface area contributed by atoms with E-state index in [-0.39, 0.29) is 28.6 Å².